The first-order valence-electron chi connectivity index (χ1n) is 5.06. The standard InChI is InChI=1S/C10H20N2O2/c1-4-10(14)12-7-5-6-9(11-3)8(2)13/h9,11H,4-7H2,1-3H3,(H,12,14)/t9-/m0/s1. The highest BCUT2D eigenvalue weighted by Gasteiger charge is 2.10. The molecule has 82 valence electrons. The summed E-state index contributed by atoms with van der Waals surface area (Å²) in [5.74, 6) is 0.211. The van der Waals surface area contributed by atoms with E-state index in [0.717, 1.165) is 12.8 Å². The van der Waals surface area contributed by atoms with Gasteiger partial charge in [0, 0.05) is 13.0 Å². The number of ketones is 1. The Balaban J connectivity index is 3.52. The predicted octanol–water partition coefficient (Wildman–Crippen LogP) is 0.470. The first kappa shape index (κ1) is 13.1. The van der Waals surface area contributed by atoms with Gasteiger partial charge in [-0.1, -0.05) is 6.92 Å². The van der Waals surface area contributed by atoms with E-state index < -0.39 is 0 Å². The average molecular weight is 200 g/mol. The highest BCUT2D eigenvalue weighted by Crippen LogP contribution is 1.97. The molecule has 0 saturated heterocycles. The van der Waals surface area contributed by atoms with Gasteiger partial charge in [0.15, 0.2) is 0 Å². The van der Waals surface area contributed by atoms with Crippen molar-refractivity contribution in [3.63, 3.8) is 0 Å². The van der Waals surface area contributed by atoms with Gasteiger partial charge in [0.2, 0.25) is 5.91 Å². The van der Waals surface area contributed by atoms with Crippen LogP contribution in [0.25, 0.3) is 0 Å². The molecular weight excluding hydrogens is 180 g/mol. The largest absolute Gasteiger partial charge is 0.356 e. The zero-order valence-corrected chi connectivity index (χ0v) is 9.22. The predicted molar refractivity (Wildman–Crippen MR) is 56.1 cm³/mol. The molecule has 4 nitrogen and oxygen atoms in total. The Labute approximate surface area is 85.4 Å². The summed E-state index contributed by atoms with van der Waals surface area (Å²) < 4.78 is 0. The van der Waals surface area contributed by atoms with Gasteiger partial charge in [-0.3, -0.25) is 9.59 Å². The molecule has 1 amide bonds. The second kappa shape index (κ2) is 7.50. The maximum Gasteiger partial charge on any atom is 0.219 e. The van der Waals surface area contributed by atoms with E-state index in [1.165, 1.54) is 0 Å². The molecular formula is C10H20N2O2. The lowest BCUT2D eigenvalue weighted by molar-refractivity contribution is -0.120. The van der Waals surface area contributed by atoms with Crippen molar-refractivity contribution in [1.82, 2.24) is 10.6 Å². The molecule has 2 N–H and O–H groups in total. The van der Waals surface area contributed by atoms with E-state index in [1.54, 1.807) is 14.0 Å². The molecule has 0 bridgehead atoms. The second-order valence-electron chi connectivity index (χ2n) is 3.30. The molecule has 0 spiro atoms. The Hall–Kier alpha value is -0.900. The molecule has 0 aliphatic heterocycles. The smallest absolute Gasteiger partial charge is 0.219 e. The summed E-state index contributed by atoms with van der Waals surface area (Å²) >= 11 is 0. The van der Waals surface area contributed by atoms with Crippen LogP contribution in [0.1, 0.15) is 33.1 Å². The Kier molecular flexibility index (Phi) is 7.02. The number of rotatable bonds is 7. The monoisotopic (exact) mass is 200 g/mol. The van der Waals surface area contributed by atoms with Gasteiger partial charge < -0.3 is 10.6 Å². The summed E-state index contributed by atoms with van der Waals surface area (Å²) in [7, 11) is 1.77. The minimum atomic E-state index is -0.0754. The fraction of sp³-hybridized carbons (Fsp3) is 0.800. The molecule has 0 saturated carbocycles. The lowest BCUT2D eigenvalue weighted by Crippen LogP contribution is -2.33. The quantitative estimate of drug-likeness (QED) is 0.587. The van der Waals surface area contributed by atoms with Crippen molar-refractivity contribution in [3.8, 4) is 0 Å². The van der Waals surface area contributed by atoms with E-state index in [-0.39, 0.29) is 17.7 Å². The lowest BCUT2D eigenvalue weighted by Gasteiger charge is -2.12. The van der Waals surface area contributed by atoms with Gasteiger partial charge in [-0.15, -0.1) is 0 Å². The number of hydrogen-bond acceptors (Lipinski definition) is 3. The van der Waals surface area contributed by atoms with E-state index >= 15 is 0 Å². The average Bonchev–Trinajstić information content (AvgIpc) is 2.16. The zero-order valence-electron chi connectivity index (χ0n) is 9.22. The summed E-state index contributed by atoms with van der Waals surface area (Å²) in [5, 5.41) is 5.71. The minimum Gasteiger partial charge on any atom is -0.356 e. The molecule has 0 rings (SSSR count). The third kappa shape index (κ3) is 5.70. The molecule has 0 fully saturated rings. The van der Waals surface area contributed by atoms with Crippen molar-refractivity contribution in [1.29, 1.82) is 0 Å². The number of nitrogens with one attached hydrogen (secondary N) is 2. The third-order valence-corrected chi connectivity index (χ3v) is 2.15. The van der Waals surface area contributed by atoms with Gasteiger partial charge in [0.05, 0.1) is 6.04 Å². The summed E-state index contributed by atoms with van der Waals surface area (Å²) in [4.78, 5) is 21.9. The third-order valence-electron chi connectivity index (χ3n) is 2.15. The molecule has 0 unspecified atom stereocenters. The lowest BCUT2D eigenvalue weighted by atomic mass is 10.1. The highest BCUT2D eigenvalue weighted by atomic mass is 16.1. The molecule has 1 atom stereocenters. The van der Waals surface area contributed by atoms with Crippen LogP contribution in [-0.4, -0.2) is 31.3 Å². The number of likely N-dealkylation sites (N-methyl/N-ethyl adjacent to an activating group) is 1. The summed E-state index contributed by atoms with van der Waals surface area (Å²) in [5.41, 5.74) is 0. The first-order valence-corrected chi connectivity index (χ1v) is 5.06. The van der Waals surface area contributed by atoms with E-state index in [0.29, 0.717) is 13.0 Å². The number of carbonyl (C=O) groups excluding carboxylic acids is 2. The van der Waals surface area contributed by atoms with Crippen molar-refractivity contribution in [2.45, 2.75) is 39.2 Å². The van der Waals surface area contributed by atoms with Crippen LogP contribution in [0.5, 0.6) is 0 Å². The SMILES string of the molecule is CCC(=O)NCCC[C@H](NC)C(C)=O. The van der Waals surface area contributed by atoms with Gasteiger partial charge in [0.1, 0.15) is 5.78 Å². The fourth-order valence-corrected chi connectivity index (χ4v) is 1.21. The Morgan fingerprint density at radius 1 is 1.36 bits per heavy atom. The van der Waals surface area contributed by atoms with Crippen LogP contribution in [0.15, 0.2) is 0 Å². The van der Waals surface area contributed by atoms with Crippen LogP contribution in [0.3, 0.4) is 0 Å². The molecule has 0 aromatic heterocycles. The van der Waals surface area contributed by atoms with E-state index in [2.05, 4.69) is 10.6 Å². The summed E-state index contributed by atoms with van der Waals surface area (Å²) in [6, 6.07) is -0.0754. The van der Waals surface area contributed by atoms with Crippen molar-refractivity contribution in [2.24, 2.45) is 0 Å². The zero-order chi connectivity index (χ0) is 11.0. The van der Waals surface area contributed by atoms with Gasteiger partial charge in [-0.2, -0.15) is 0 Å². The number of amides is 1. The fourth-order valence-electron chi connectivity index (χ4n) is 1.21. The normalized spacial score (nSPS) is 12.2. The van der Waals surface area contributed by atoms with Crippen molar-refractivity contribution in [3.05, 3.63) is 0 Å². The van der Waals surface area contributed by atoms with Gasteiger partial charge >= 0.3 is 0 Å². The van der Waals surface area contributed by atoms with Crippen LogP contribution in [0.4, 0.5) is 0 Å². The Morgan fingerprint density at radius 2 is 2.00 bits per heavy atom. The molecule has 4 heteroatoms. The highest BCUT2D eigenvalue weighted by molar-refractivity contribution is 5.81. The van der Waals surface area contributed by atoms with E-state index in [9.17, 15) is 9.59 Å². The molecule has 14 heavy (non-hydrogen) atoms. The molecule has 0 aliphatic carbocycles. The molecule has 0 aromatic carbocycles. The molecule has 0 radical (unpaired) electrons. The van der Waals surface area contributed by atoms with E-state index in [1.807, 2.05) is 6.92 Å². The van der Waals surface area contributed by atoms with Gasteiger partial charge in [-0.05, 0) is 26.8 Å². The van der Waals surface area contributed by atoms with Crippen molar-refractivity contribution < 1.29 is 9.59 Å². The second-order valence-corrected chi connectivity index (χ2v) is 3.30. The molecule has 0 heterocycles. The Morgan fingerprint density at radius 3 is 2.43 bits per heavy atom. The van der Waals surface area contributed by atoms with Gasteiger partial charge in [-0.25, -0.2) is 0 Å². The van der Waals surface area contributed by atoms with Crippen LogP contribution in [0.2, 0.25) is 0 Å². The van der Waals surface area contributed by atoms with Crippen molar-refractivity contribution >= 4 is 11.7 Å². The minimum absolute atomic E-state index is 0.0637. The van der Waals surface area contributed by atoms with E-state index in [4.69, 9.17) is 0 Å². The topological polar surface area (TPSA) is 58.2 Å². The van der Waals surface area contributed by atoms with Crippen LogP contribution in [-0.2, 0) is 9.59 Å². The maximum absolute atomic E-state index is 11.0. The number of hydrogen-bond donors (Lipinski definition) is 2. The van der Waals surface area contributed by atoms with Crippen LogP contribution >= 0.6 is 0 Å². The first-order chi connectivity index (χ1) is 6.61. The summed E-state index contributed by atoms with van der Waals surface area (Å²) in [6.45, 7) is 4.05. The van der Waals surface area contributed by atoms with Crippen LogP contribution in [0, 0.1) is 0 Å². The number of Topliss-reactive ketones (excluding diaryl/α,β-unsaturated/α-hetero) is 1. The van der Waals surface area contributed by atoms with Gasteiger partial charge in [0.25, 0.3) is 0 Å². The van der Waals surface area contributed by atoms with Crippen LogP contribution < -0.4 is 10.6 Å². The maximum atomic E-state index is 11.0. The van der Waals surface area contributed by atoms with Crippen molar-refractivity contribution in [2.75, 3.05) is 13.6 Å². The molecule has 0 aromatic rings. The molecule has 0 aliphatic rings. The summed E-state index contributed by atoms with van der Waals surface area (Å²) in [6.07, 6.45) is 2.12. The Bertz CT molecular complexity index is 193. The number of carbonyl (C=O) groups is 2.